The largest absolute Gasteiger partial charge is 0.348 e. The molecule has 2 rings (SSSR count). The number of pyridine rings is 1. The van der Waals surface area contributed by atoms with Crippen LogP contribution in [0.2, 0.25) is 0 Å². The summed E-state index contributed by atoms with van der Waals surface area (Å²) in [6, 6.07) is 2.03. The summed E-state index contributed by atoms with van der Waals surface area (Å²) < 4.78 is 0. The fourth-order valence-corrected chi connectivity index (χ4v) is 3.74. The molecule has 112 valence electrons. The van der Waals surface area contributed by atoms with Gasteiger partial charge in [-0.05, 0) is 24.7 Å². The van der Waals surface area contributed by atoms with E-state index in [4.69, 9.17) is 5.73 Å². The van der Waals surface area contributed by atoms with Crippen LogP contribution in [0.5, 0.6) is 0 Å². The number of nitrogens with two attached hydrogens (primary N) is 1. The molecule has 5 heteroatoms. The van der Waals surface area contributed by atoms with Gasteiger partial charge in [0.25, 0.3) is 5.91 Å². The van der Waals surface area contributed by atoms with E-state index in [0.717, 1.165) is 17.7 Å². The second-order valence-corrected chi connectivity index (χ2v) is 6.49. The van der Waals surface area contributed by atoms with Crippen molar-refractivity contribution in [3.8, 4) is 11.8 Å². The number of hydrogen-bond donors (Lipinski definition) is 2. The fourth-order valence-electron chi connectivity index (χ4n) is 2.54. The minimum absolute atomic E-state index is 0.0625. The number of thioether (sulfide) groups is 1. The van der Waals surface area contributed by atoms with E-state index < -0.39 is 0 Å². The number of nitrogens with one attached hydrogen (secondary N) is 1. The summed E-state index contributed by atoms with van der Waals surface area (Å²) in [6.07, 6.45) is 6.65. The molecule has 1 heterocycles. The van der Waals surface area contributed by atoms with Crippen molar-refractivity contribution in [3.63, 3.8) is 0 Å². The van der Waals surface area contributed by atoms with E-state index in [1.165, 1.54) is 12.8 Å². The number of nitrogens with zero attached hydrogens (tertiary/aromatic N) is 1. The number of carbonyl (C=O) groups is 1. The molecule has 1 fully saturated rings. The van der Waals surface area contributed by atoms with Crippen LogP contribution in [0.3, 0.4) is 0 Å². The summed E-state index contributed by atoms with van der Waals surface area (Å²) in [5, 5.41) is 3.68. The normalized spacial score (nSPS) is 20.7. The molecule has 1 amide bonds. The van der Waals surface area contributed by atoms with Crippen LogP contribution >= 0.6 is 11.8 Å². The maximum absolute atomic E-state index is 12.3. The molecular weight excluding hydrogens is 282 g/mol. The summed E-state index contributed by atoms with van der Waals surface area (Å²) in [5.41, 5.74) is 6.63. The van der Waals surface area contributed by atoms with Crippen molar-refractivity contribution in [3.05, 3.63) is 29.6 Å². The van der Waals surface area contributed by atoms with Crippen molar-refractivity contribution in [1.82, 2.24) is 10.3 Å². The van der Waals surface area contributed by atoms with E-state index in [1.54, 1.807) is 18.5 Å². The Morgan fingerprint density at radius 1 is 1.52 bits per heavy atom. The van der Waals surface area contributed by atoms with Gasteiger partial charge in [-0.15, -0.1) is 0 Å². The topological polar surface area (TPSA) is 68.0 Å². The molecule has 0 radical (unpaired) electrons. The third-order valence-corrected chi connectivity index (χ3v) is 4.81. The highest BCUT2D eigenvalue weighted by Gasteiger charge is 2.28. The Balaban J connectivity index is 2.03. The predicted octanol–water partition coefficient (Wildman–Crippen LogP) is 1.80. The van der Waals surface area contributed by atoms with Gasteiger partial charge in [0.15, 0.2) is 0 Å². The van der Waals surface area contributed by atoms with Gasteiger partial charge in [-0.1, -0.05) is 25.2 Å². The Kier molecular flexibility index (Phi) is 6.09. The first-order valence-corrected chi connectivity index (χ1v) is 8.36. The number of carbonyl (C=O) groups excluding carboxylic acids is 1. The molecule has 2 unspecified atom stereocenters. The first-order chi connectivity index (χ1) is 10.2. The molecule has 1 saturated carbocycles. The standard InChI is InChI=1S/C16H21N3OS/c1-2-21-15-7-3-6-14(15)19-16(20)13-9-12(5-4-8-17)10-18-11-13/h9-11,14-15H,2-3,6-8,17H2,1H3,(H,19,20). The van der Waals surface area contributed by atoms with Gasteiger partial charge < -0.3 is 11.1 Å². The second kappa shape index (κ2) is 8.06. The molecule has 21 heavy (non-hydrogen) atoms. The monoisotopic (exact) mass is 303 g/mol. The minimum atomic E-state index is -0.0625. The highest BCUT2D eigenvalue weighted by molar-refractivity contribution is 7.99. The van der Waals surface area contributed by atoms with Crippen molar-refractivity contribution in [2.45, 2.75) is 37.5 Å². The summed E-state index contributed by atoms with van der Waals surface area (Å²) in [4.78, 5) is 16.4. The number of aromatic nitrogens is 1. The molecule has 0 saturated heterocycles. The molecule has 0 bridgehead atoms. The van der Waals surface area contributed by atoms with Crippen molar-refractivity contribution in [2.24, 2.45) is 5.73 Å². The Hall–Kier alpha value is -1.51. The molecule has 0 aliphatic heterocycles. The molecule has 2 atom stereocenters. The van der Waals surface area contributed by atoms with Gasteiger partial charge in [0, 0.05) is 29.2 Å². The molecule has 4 nitrogen and oxygen atoms in total. The molecular formula is C16H21N3OS. The average Bonchev–Trinajstić information content (AvgIpc) is 2.93. The van der Waals surface area contributed by atoms with Gasteiger partial charge in [0.05, 0.1) is 12.1 Å². The lowest BCUT2D eigenvalue weighted by Crippen LogP contribution is -2.38. The van der Waals surface area contributed by atoms with Crippen LogP contribution in [0.15, 0.2) is 18.5 Å². The van der Waals surface area contributed by atoms with Gasteiger partial charge in [-0.2, -0.15) is 11.8 Å². The van der Waals surface area contributed by atoms with Gasteiger partial charge in [-0.25, -0.2) is 0 Å². The lowest BCUT2D eigenvalue weighted by atomic mass is 10.1. The van der Waals surface area contributed by atoms with Crippen molar-refractivity contribution in [2.75, 3.05) is 12.3 Å². The van der Waals surface area contributed by atoms with Crippen LogP contribution in [-0.2, 0) is 0 Å². The van der Waals surface area contributed by atoms with Crippen LogP contribution in [0.1, 0.15) is 42.1 Å². The predicted molar refractivity (Wildman–Crippen MR) is 87.2 cm³/mol. The zero-order valence-corrected chi connectivity index (χ0v) is 13.1. The molecule has 0 aromatic carbocycles. The number of rotatable bonds is 4. The first-order valence-electron chi connectivity index (χ1n) is 7.31. The van der Waals surface area contributed by atoms with Crippen molar-refractivity contribution < 1.29 is 4.79 Å². The van der Waals surface area contributed by atoms with E-state index >= 15 is 0 Å². The lowest BCUT2D eigenvalue weighted by molar-refractivity contribution is 0.0938. The summed E-state index contributed by atoms with van der Waals surface area (Å²) >= 11 is 1.93. The average molecular weight is 303 g/mol. The van der Waals surface area contributed by atoms with E-state index in [-0.39, 0.29) is 11.9 Å². The Labute approximate surface area is 130 Å². The molecule has 1 aromatic heterocycles. The van der Waals surface area contributed by atoms with E-state index in [9.17, 15) is 4.79 Å². The van der Waals surface area contributed by atoms with Gasteiger partial charge in [-0.3, -0.25) is 9.78 Å². The zero-order chi connectivity index (χ0) is 15.1. The van der Waals surface area contributed by atoms with Crippen molar-refractivity contribution in [1.29, 1.82) is 0 Å². The van der Waals surface area contributed by atoms with Gasteiger partial charge in [0.1, 0.15) is 0 Å². The Bertz CT molecular complexity index is 550. The third-order valence-electron chi connectivity index (χ3n) is 3.49. The SMILES string of the molecule is CCSC1CCCC1NC(=O)c1cncc(C#CCN)c1. The smallest absolute Gasteiger partial charge is 0.253 e. The van der Waals surface area contributed by atoms with Crippen LogP contribution in [0, 0.1) is 11.8 Å². The molecule has 1 aromatic rings. The fraction of sp³-hybridized carbons (Fsp3) is 0.500. The minimum Gasteiger partial charge on any atom is -0.348 e. The van der Waals surface area contributed by atoms with Crippen LogP contribution in [0.4, 0.5) is 0 Å². The second-order valence-electron chi connectivity index (χ2n) is 4.97. The zero-order valence-electron chi connectivity index (χ0n) is 12.3. The Morgan fingerprint density at radius 2 is 2.38 bits per heavy atom. The summed E-state index contributed by atoms with van der Waals surface area (Å²) in [7, 11) is 0. The van der Waals surface area contributed by atoms with E-state index in [2.05, 4.69) is 29.1 Å². The van der Waals surface area contributed by atoms with Crippen LogP contribution in [-0.4, -0.2) is 34.5 Å². The van der Waals surface area contributed by atoms with Crippen LogP contribution < -0.4 is 11.1 Å². The van der Waals surface area contributed by atoms with Crippen LogP contribution in [0.25, 0.3) is 0 Å². The third kappa shape index (κ3) is 4.48. The summed E-state index contributed by atoms with van der Waals surface area (Å²) in [6.45, 7) is 2.46. The molecule has 1 aliphatic rings. The van der Waals surface area contributed by atoms with Gasteiger partial charge >= 0.3 is 0 Å². The first kappa shape index (κ1) is 15.9. The van der Waals surface area contributed by atoms with E-state index in [0.29, 0.717) is 17.4 Å². The Morgan fingerprint density at radius 3 is 3.14 bits per heavy atom. The molecule has 0 spiro atoms. The highest BCUT2D eigenvalue weighted by atomic mass is 32.2. The summed E-state index contributed by atoms with van der Waals surface area (Å²) in [5.74, 6) is 6.69. The highest BCUT2D eigenvalue weighted by Crippen LogP contribution is 2.30. The molecule has 1 aliphatic carbocycles. The van der Waals surface area contributed by atoms with Gasteiger partial charge in [0.2, 0.25) is 0 Å². The maximum Gasteiger partial charge on any atom is 0.253 e. The quantitative estimate of drug-likeness (QED) is 0.832. The molecule has 3 N–H and O–H groups in total. The van der Waals surface area contributed by atoms with Crippen molar-refractivity contribution >= 4 is 17.7 Å². The number of hydrogen-bond acceptors (Lipinski definition) is 4. The van der Waals surface area contributed by atoms with E-state index in [1.807, 2.05) is 11.8 Å². The lowest BCUT2D eigenvalue weighted by Gasteiger charge is -2.20. The maximum atomic E-state index is 12.3. The number of amides is 1.